The lowest BCUT2D eigenvalue weighted by atomic mass is 10.1. The number of aromatic nitrogens is 1. The average Bonchev–Trinajstić information content (AvgIpc) is 3.28. The van der Waals surface area contributed by atoms with E-state index < -0.39 is 0 Å². The molecule has 7 heteroatoms. The Balaban J connectivity index is 1.45. The Morgan fingerprint density at radius 2 is 2.20 bits per heavy atom. The van der Waals surface area contributed by atoms with Gasteiger partial charge in [0, 0.05) is 52.4 Å². The fourth-order valence-corrected chi connectivity index (χ4v) is 3.87. The van der Waals surface area contributed by atoms with Crippen LogP contribution in [0, 0.1) is 6.92 Å². The monoisotopic (exact) mass is 361 g/mol. The molecule has 25 heavy (non-hydrogen) atoms. The second kappa shape index (κ2) is 8.49. The first-order valence-corrected chi connectivity index (χ1v) is 9.72. The van der Waals surface area contributed by atoms with Crippen molar-refractivity contribution in [3.05, 3.63) is 39.9 Å². The first-order chi connectivity index (χ1) is 12.2. The lowest BCUT2D eigenvalue weighted by Crippen LogP contribution is -2.52. The lowest BCUT2D eigenvalue weighted by molar-refractivity contribution is 0.169. The first kappa shape index (κ1) is 17.9. The van der Waals surface area contributed by atoms with Crippen LogP contribution >= 0.6 is 11.3 Å². The van der Waals surface area contributed by atoms with Gasteiger partial charge in [-0.25, -0.2) is 0 Å². The highest BCUT2D eigenvalue weighted by Gasteiger charge is 2.20. The Morgan fingerprint density at radius 3 is 2.80 bits per heavy atom. The molecule has 0 bridgehead atoms. The van der Waals surface area contributed by atoms with E-state index in [1.54, 1.807) is 11.3 Å². The zero-order valence-corrected chi connectivity index (χ0v) is 16.1. The summed E-state index contributed by atoms with van der Waals surface area (Å²) in [4.78, 5) is 9.22. The quantitative estimate of drug-likeness (QED) is 0.655. The molecule has 2 aromatic rings. The smallest absolute Gasteiger partial charge is 0.193 e. The van der Waals surface area contributed by atoms with Crippen LogP contribution in [-0.2, 0) is 6.54 Å². The number of nitrogens with zero attached hydrogens (tertiary/aromatic N) is 4. The van der Waals surface area contributed by atoms with Crippen molar-refractivity contribution in [3.8, 4) is 0 Å². The largest absolute Gasteiger partial charge is 0.361 e. The normalized spacial score (nSPS) is 17.7. The summed E-state index contributed by atoms with van der Waals surface area (Å²) in [5.74, 6) is 2.36. The van der Waals surface area contributed by atoms with Crippen molar-refractivity contribution in [2.45, 2.75) is 26.3 Å². The van der Waals surface area contributed by atoms with Gasteiger partial charge in [-0.15, -0.1) is 0 Å². The van der Waals surface area contributed by atoms with E-state index in [2.05, 4.69) is 49.0 Å². The van der Waals surface area contributed by atoms with Gasteiger partial charge in [0.2, 0.25) is 0 Å². The topological polar surface area (TPSA) is 56.9 Å². The van der Waals surface area contributed by atoms with Crippen LogP contribution in [0.2, 0.25) is 0 Å². The van der Waals surface area contributed by atoms with E-state index in [1.807, 2.05) is 20.0 Å². The van der Waals surface area contributed by atoms with E-state index in [1.165, 1.54) is 5.56 Å². The van der Waals surface area contributed by atoms with E-state index in [0.29, 0.717) is 5.92 Å². The number of piperazine rings is 1. The lowest BCUT2D eigenvalue weighted by Gasteiger charge is -2.36. The van der Waals surface area contributed by atoms with Crippen LogP contribution in [0.5, 0.6) is 0 Å². The van der Waals surface area contributed by atoms with E-state index in [9.17, 15) is 0 Å². The fourth-order valence-electron chi connectivity index (χ4n) is 3.09. The van der Waals surface area contributed by atoms with Gasteiger partial charge in [0.1, 0.15) is 5.76 Å². The zero-order valence-electron chi connectivity index (χ0n) is 15.2. The molecular formula is C18H27N5OS. The van der Waals surface area contributed by atoms with Crippen LogP contribution in [0.25, 0.3) is 0 Å². The number of aliphatic imine (C=N–C) groups is 1. The van der Waals surface area contributed by atoms with Crippen LogP contribution in [0.1, 0.15) is 29.9 Å². The van der Waals surface area contributed by atoms with E-state index in [0.717, 1.165) is 56.7 Å². The van der Waals surface area contributed by atoms with Crippen LogP contribution in [0.3, 0.4) is 0 Å². The first-order valence-electron chi connectivity index (χ1n) is 8.78. The Morgan fingerprint density at radius 1 is 1.40 bits per heavy atom. The van der Waals surface area contributed by atoms with Crippen molar-refractivity contribution in [2.24, 2.45) is 4.99 Å². The van der Waals surface area contributed by atoms with Gasteiger partial charge < -0.3 is 14.7 Å². The minimum absolute atomic E-state index is 0.486. The third-order valence-electron chi connectivity index (χ3n) is 4.62. The summed E-state index contributed by atoms with van der Waals surface area (Å²) >= 11 is 1.75. The van der Waals surface area contributed by atoms with Crippen molar-refractivity contribution in [1.82, 2.24) is 20.3 Å². The summed E-state index contributed by atoms with van der Waals surface area (Å²) in [7, 11) is 1.86. The minimum atomic E-state index is 0.486. The predicted octanol–water partition coefficient (Wildman–Crippen LogP) is 2.54. The Bertz CT molecular complexity index is 673. The van der Waals surface area contributed by atoms with Crippen LogP contribution in [-0.4, -0.2) is 60.7 Å². The molecule has 1 aliphatic rings. The summed E-state index contributed by atoms with van der Waals surface area (Å²) in [5.41, 5.74) is 2.40. The molecule has 0 amide bonds. The molecule has 1 aliphatic heterocycles. The van der Waals surface area contributed by atoms with Gasteiger partial charge in [-0.3, -0.25) is 9.89 Å². The molecule has 1 atom stereocenters. The third kappa shape index (κ3) is 4.83. The predicted molar refractivity (Wildman–Crippen MR) is 102 cm³/mol. The number of aryl methyl sites for hydroxylation is 1. The number of rotatable bonds is 5. The second-order valence-electron chi connectivity index (χ2n) is 6.58. The number of thiophene rings is 1. The van der Waals surface area contributed by atoms with Crippen molar-refractivity contribution in [1.29, 1.82) is 0 Å². The van der Waals surface area contributed by atoms with Gasteiger partial charge in [-0.1, -0.05) is 12.1 Å². The molecule has 0 spiro atoms. The Hall–Kier alpha value is -1.86. The molecule has 6 nitrogen and oxygen atoms in total. The van der Waals surface area contributed by atoms with E-state index >= 15 is 0 Å². The van der Waals surface area contributed by atoms with Gasteiger partial charge in [0.25, 0.3) is 0 Å². The molecule has 1 fully saturated rings. The highest BCUT2D eigenvalue weighted by Crippen LogP contribution is 2.17. The molecule has 0 aliphatic carbocycles. The molecule has 3 rings (SSSR count). The molecule has 136 valence electrons. The SMILES string of the molecule is CN=C(NCC(C)c1ccsc1)N1CCN(Cc2cc(C)on2)CC1. The van der Waals surface area contributed by atoms with Gasteiger partial charge >= 0.3 is 0 Å². The third-order valence-corrected chi connectivity index (χ3v) is 5.33. The fraction of sp³-hybridized carbons (Fsp3) is 0.556. The number of hydrogen-bond acceptors (Lipinski definition) is 5. The maximum atomic E-state index is 5.15. The van der Waals surface area contributed by atoms with E-state index in [4.69, 9.17) is 4.52 Å². The minimum Gasteiger partial charge on any atom is -0.361 e. The number of nitrogens with one attached hydrogen (secondary N) is 1. The van der Waals surface area contributed by atoms with Crippen molar-refractivity contribution in [2.75, 3.05) is 39.8 Å². The van der Waals surface area contributed by atoms with Crippen molar-refractivity contribution >= 4 is 17.3 Å². The highest BCUT2D eigenvalue weighted by atomic mass is 32.1. The molecule has 2 aromatic heterocycles. The summed E-state index contributed by atoms with van der Waals surface area (Å²) in [6.07, 6.45) is 0. The van der Waals surface area contributed by atoms with Crippen LogP contribution < -0.4 is 5.32 Å². The summed E-state index contributed by atoms with van der Waals surface area (Å²) in [5, 5.41) is 12.0. The average molecular weight is 362 g/mol. The van der Waals surface area contributed by atoms with Gasteiger partial charge in [0.05, 0.1) is 5.69 Å². The van der Waals surface area contributed by atoms with E-state index in [-0.39, 0.29) is 0 Å². The summed E-state index contributed by atoms with van der Waals surface area (Å²) in [6.45, 7) is 9.90. The molecule has 0 aromatic carbocycles. The molecule has 1 unspecified atom stereocenters. The Labute approximate surface area is 153 Å². The maximum Gasteiger partial charge on any atom is 0.193 e. The zero-order chi connectivity index (χ0) is 17.6. The summed E-state index contributed by atoms with van der Waals surface area (Å²) < 4.78 is 5.15. The molecule has 1 saturated heterocycles. The van der Waals surface area contributed by atoms with Crippen LogP contribution in [0.15, 0.2) is 32.4 Å². The second-order valence-corrected chi connectivity index (χ2v) is 7.36. The van der Waals surface area contributed by atoms with Crippen molar-refractivity contribution < 1.29 is 4.52 Å². The standard InChI is InChI=1S/C18H27N5OS/c1-14(16-4-9-25-13-16)11-20-18(19-3)23-7-5-22(6-8-23)12-17-10-15(2)24-21-17/h4,9-10,13-14H,5-8,11-12H2,1-3H3,(H,19,20). The number of hydrogen-bond donors (Lipinski definition) is 1. The van der Waals surface area contributed by atoms with Gasteiger partial charge in [-0.05, 0) is 35.2 Å². The summed E-state index contributed by atoms with van der Waals surface area (Å²) in [6, 6.07) is 4.21. The molecule has 1 N–H and O–H groups in total. The maximum absolute atomic E-state index is 5.15. The molecule has 0 saturated carbocycles. The highest BCUT2D eigenvalue weighted by molar-refractivity contribution is 7.07. The van der Waals surface area contributed by atoms with Gasteiger partial charge in [-0.2, -0.15) is 11.3 Å². The number of guanidine groups is 1. The molecule has 3 heterocycles. The van der Waals surface area contributed by atoms with Crippen LogP contribution in [0.4, 0.5) is 0 Å². The molecular weight excluding hydrogens is 334 g/mol. The van der Waals surface area contributed by atoms with Crippen molar-refractivity contribution in [3.63, 3.8) is 0 Å². The van der Waals surface area contributed by atoms with Gasteiger partial charge in [0.15, 0.2) is 5.96 Å². The Kier molecular flexibility index (Phi) is 6.09. The molecule has 0 radical (unpaired) electrons.